The number of para-hydroxylation sites is 1. The maximum Gasteiger partial charge on any atom is 0.339 e. The summed E-state index contributed by atoms with van der Waals surface area (Å²) in [5.74, 6) is -0.913. The monoisotopic (exact) mass is 269 g/mol. The molecule has 0 spiro atoms. The largest absolute Gasteiger partial charge is 0.478 e. The van der Waals surface area contributed by atoms with Gasteiger partial charge in [0.2, 0.25) is 0 Å². The molecule has 3 aromatic rings. The van der Waals surface area contributed by atoms with Crippen molar-refractivity contribution in [2.45, 2.75) is 6.92 Å². The predicted octanol–water partition coefficient (Wildman–Crippen LogP) is 1.40. The Kier molecular flexibility index (Phi) is 2.60. The zero-order chi connectivity index (χ0) is 14.3. The molecule has 0 amide bonds. The standard InChI is InChI=1S/C13H11N5O2/c1-7-9(13(19)20)11-10(12(14)15-7)16-17-18(11)8-5-3-2-4-6-8/h2-6H,1H3,(H2,14,15)(H,19,20). The van der Waals surface area contributed by atoms with Gasteiger partial charge in [-0.15, -0.1) is 5.10 Å². The summed E-state index contributed by atoms with van der Waals surface area (Å²) >= 11 is 0. The number of carboxylic acid groups (broad SMARTS) is 1. The van der Waals surface area contributed by atoms with E-state index < -0.39 is 5.97 Å². The van der Waals surface area contributed by atoms with Crippen LogP contribution in [0.2, 0.25) is 0 Å². The Morgan fingerprint density at radius 3 is 2.65 bits per heavy atom. The first-order chi connectivity index (χ1) is 9.59. The number of carboxylic acids is 1. The number of hydrogen-bond acceptors (Lipinski definition) is 5. The molecule has 0 fully saturated rings. The van der Waals surface area contributed by atoms with E-state index in [-0.39, 0.29) is 16.9 Å². The maximum absolute atomic E-state index is 11.5. The lowest BCUT2D eigenvalue weighted by atomic mass is 10.1. The topological polar surface area (TPSA) is 107 Å². The molecule has 7 nitrogen and oxygen atoms in total. The molecule has 0 aliphatic heterocycles. The number of benzene rings is 1. The third kappa shape index (κ3) is 1.68. The van der Waals surface area contributed by atoms with Crippen molar-refractivity contribution in [1.29, 1.82) is 0 Å². The molecule has 20 heavy (non-hydrogen) atoms. The lowest BCUT2D eigenvalue weighted by molar-refractivity contribution is 0.0697. The Labute approximate surface area is 113 Å². The third-order valence-corrected chi connectivity index (χ3v) is 3.01. The van der Waals surface area contributed by atoms with Crippen LogP contribution in [0.3, 0.4) is 0 Å². The van der Waals surface area contributed by atoms with E-state index in [0.29, 0.717) is 16.9 Å². The molecule has 2 aromatic heterocycles. The van der Waals surface area contributed by atoms with E-state index in [1.165, 1.54) is 4.68 Å². The number of nitrogen functional groups attached to an aromatic ring is 1. The summed E-state index contributed by atoms with van der Waals surface area (Å²) in [4.78, 5) is 15.5. The number of aromatic nitrogens is 4. The normalized spacial score (nSPS) is 10.8. The number of nitrogens with two attached hydrogens (primary N) is 1. The molecule has 0 atom stereocenters. The van der Waals surface area contributed by atoms with Crippen molar-refractivity contribution >= 4 is 22.8 Å². The molecule has 0 unspecified atom stereocenters. The first-order valence-corrected chi connectivity index (χ1v) is 5.90. The summed E-state index contributed by atoms with van der Waals surface area (Å²) in [5.41, 5.74) is 7.55. The van der Waals surface area contributed by atoms with E-state index in [4.69, 9.17) is 5.73 Å². The molecule has 2 heterocycles. The lowest BCUT2D eigenvalue weighted by Gasteiger charge is -2.07. The van der Waals surface area contributed by atoms with Crippen molar-refractivity contribution < 1.29 is 9.90 Å². The van der Waals surface area contributed by atoms with Crippen LogP contribution in [0.15, 0.2) is 30.3 Å². The van der Waals surface area contributed by atoms with Gasteiger partial charge in [0.1, 0.15) is 11.1 Å². The molecule has 0 radical (unpaired) electrons. The van der Waals surface area contributed by atoms with Gasteiger partial charge < -0.3 is 10.8 Å². The van der Waals surface area contributed by atoms with Crippen LogP contribution in [0, 0.1) is 6.92 Å². The number of rotatable bonds is 2. The average Bonchev–Trinajstić information content (AvgIpc) is 2.84. The van der Waals surface area contributed by atoms with Crippen LogP contribution in [0.5, 0.6) is 0 Å². The van der Waals surface area contributed by atoms with Crippen molar-refractivity contribution in [1.82, 2.24) is 20.0 Å². The Bertz CT molecular complexity index is 810. The molecule has 0 saturated carbocycles. The van der Waals surface area contributed by atoms with Crippen molar-refractivity contribution in [2.75, 3.05) is 5.73 Å². The van der Waals surface area contributed by atoms with Crippen molar-refractivity contribution in [2.24, 2.45) is 0 Å². The summed E-state index contributed by atoms with van der Waals surface area (Å²) in [6.45, 7) is 1.60. The van der Waals surface area contributed by atoms with E-state index in [1.807, 2.05) is 30.3 Å². The maximum atomic E-state index is 11.5. The summed E-state index contributed by atoms with van der Waals surface area (Å²) < 4.78 is 1.46. The Hall–Kier alpha value is -2.96. The van der Waals surface area contributed by atoms with Gasteiger partial charge in [0, 0.05) is 0 Å². The first kappa shape index (κ1) is 12.1. The van der Waals surface area contributed by atoms with Gasteiger partial charge in [0.25, 0.3) is 0 Å². The van der Waals surface area contributed by atoms with Gasteiger partial charge >= 0.3 is 5.97 Å². The number of nitrogens with zero attached hydrogens (tertiary/aromatic N) is 4. The van der Waals surface area contributed by atoms with Gasteiger partial charge in [-0.2, -0.15) is 0 Å². The molecular weight excluding hydrogens is 258 g/mol. The highest BCUT2D eigenvalue weighted by Gasteiger charge is 2.21. The van der Waals surface area contributed by atoms with E-state index in [0.717, 1.165) is 0 Å². The Morgan fingerprint density at radius 2 is 2.00 bits per heavy atom. The average molecular weight is 269 g/mol. The number of fused-ring (bicyclic) bond motifs is 1. The highest BCUT2D eigenvalue weighted by atomic mass is 16.4. The molecule has 0 bridgehead atoms. The summed E-state index contributed by atoms with van der Waals surface area (Å²) in [6.07, 6.45) is 0. The van der Waals surface area contributed by atoms with E-state index in [9.17, 15) is 9.90 Å². The molecule has 3 rings (SSSR count). The smallest absolute Gasteiger partial charge is 0.339 e. The first-order valence-electron chi connectivity index (χ1n) is 5.90. The van der Waals surface area contributed by atoms with E-state index >= 15 is 0 Å². The lowest BCUT2D eigenvalue weighted by Crippen LogP contribution is -2.08. The zero-order valence-electron chi connectivity index (χ0n) is 10.6. The van der Waals surface area contributed by atoms with Crippen LogP contribution in [-0.4, -0.2) is 31.1 Å². The quantitative estimate of drug-likeness (QED) is 0.728. The van der Waals surface area contributed by atoms with E-state index in [1.54, 1.807) is 6.92 Å². The molecule has 0 aliphatic rings. The minimum Gasteiger partial charge on any atom is -0.478 e. The van der Waals surface area contributed by atoms with Crippen LogP contribution < -0.4 is 5.73 Å². The SMILES string of the molecule is Cc1nc(N)c2nnn(-c3ccccc3)c2c1C(=O)O. The van der Waals surface area contributed by atoms with Crippen molar-refractivity contribution in [3.63, 3.8) is 0 Å². The van der Waals surface area contributed by atoms with Gasteiger partial charge in [0.15, 0.2) is 11.3 Å². The Balaban J connectivity index is 2.44. The highest BCUT2D eigenvalue weighted by Crippen LogP contribution is 2.25. The second-order valence-electron chi connectivity index (χ2n) is 4.30. The van der Waals surface area contributed by atoms with Gasteiger partial charge in [-0.3, -0.25) is 0 Å². The van der Waals surface area contributed by atoms with Crippen LogP contribution >= 0.6 is 0 Å². The number of anilines is 1. The van der Waals surface area contributed by atoms with Crippen molar-refractivity contribution in [3.05, 3.63) is 41.6 Å². The fraction of sp³-hybridized carbons (Fsp3) is 0.0769. The van der Waals surface area contributed by atoms with Crippen molar-refractivity contribution in [3.8, 4) is 5.69 Å². The van der Waals surface area contributed by atoms with Gasteiger partial charge in [0.05, 0.1) is 11.4 Å². The molecule has 7 heteroatoms. The van der Waals surface area contributed by atoms with Crippen LogP contribution in [0.25, 0.3) is 16.7 Å². The third-order valence-electron chi connectivity index (χ3n) is 3.01. The minimum absolute atomic E-state index is 0.0584. The second kappa shape index (κ2) is 4.30. The summed E-state index contributed by atoms with van der Waals surface area (Å²) in [5, 5.41) is 17.3. The van der Waals surface area contributed by atoms with Crippen LogP contribution in [-0.2, 0) is 0 Å². The van der Waals surface area contributed by atoms with Gasteiger partial charge in [-0.25, -0.2) is 14.5 Å². The molecule has 0 aliphatic carbocycles. The second-order valence-corrected chi connectivity index (χ2v) is 4.30. The van der Waals surface area contributed by atoms with Gasteiger partial charge in [-0.05, 0) is 19.1 Å². The molecule has 3 N–H and O–H groups in total. The summed E-state index contributed by atoms with van der Waals surface area (Å²) in [6, 6.07) is 9.15. The molecule has 100 valence electrons. The number of carbonyl (C=O) groups is 1. The molecular formula is C13H11N5O2. The molecule has 0 saturated heterocycles. The highest BCUT2D eigenvalue weighted by molar-refractivity contribution is 6.04. The van der Waals surface area contributed by atoms with E-state index in [2.05, 4.69) is 15.3 Å². The summed E-state index contributed by atoms with van der Waals surface area (Å²) in [7, 11) is 0. The zero-order valence-corrected chi connectivity index (χ0v) is 10.6. The number of pyridine rings is 1. The van der Waals surface area contributed by atoms with Crippen LogP contribution in [0.4, 0.5) is 5.82 Å². The number of aryl methyl sites for hydroxylation is 1. The predicted molar refractivity (Wildman–Crippen MR) is 72.8 cm³/mol. The fourth-order valence-electron chi connectivity index (χ4n) is 2.15. The molecule has 1 aromatic carbocycles. The fourth-order valence-corrected chi connectivity index (χ4v) is 2.15. The number of hydrogen-bond donors (Lipinski definition) is 2. The van der Waals surface area contributed by atoms with Gasteiger partial charge in [-0.1, -0.05) is 23.4 Å². The number of aromatic carboxylic acids is 1. The van der Waals surface area contributed by atoms with Crippen LogP contribution in [0.1, 0.15) is 16.1 Å². The minimum atomic E-state index is -1.08. The Morgan fingerprint density at radius 1 is 1.30 bits per heavy atom.